The van der Waals surface area contributed by atoms with Gasteiger partial charge in [0, 0.05) is 34.1 Å². The lowest BCUT2D eigenvalue weighted by molar-refractivity contribution is 0.262. The molecule has 11 nitrogen and oxygen atoms in total. The smallest absolute Gasteiger partial charge is 0.324 e. The predicted octanol–water partition coefficient (Wildman–Crippen LogP) is 5.45. The Hall–Kier alpha value is -5.42. The highest BCUT2D eigenvalue weighted by molar-refractivity contribution is 6.30. The summed E-state index contributed by atoms with van der Waals surface area (Å²) in [6.07, 6.45) is 2.68. The highest BCUT2D eigenvalue weighted by Gasteiger charge is 2.15. The topological polar surface area (TPSA) is 147 Å². The van der Waals surface area contributed by atoms with E-state index < -0.39 is 6.03 Å². The van der Waals surface area contributed by atoms with E-state index >= 15 is 0 Å². The molecule has 0 spiro atoms. The zero-order valence-corrected chi connectivity index (χ0v) is 20.7. The van der Waals surface area contributed by atoms with Gasteiger partial charge in [-0.2, -0.15) is 0 Å². The van der Waals surface area contributed by atoms with Crippen molar-refractivity contribution in [1.82, 2.24) is 24.7 Å². The number of fused-ring (bicyclic) bond motifs is 2. The Morgan fingerprint density at radius 2 is 1.74 bits per heavy atom. The van der Waals surface area contributed by atoms with Crippen molar-refractivity contribution in [1.29, 1.82) is 0 Å². The number of hydrogen-bond acceptors (Lipinski definition) is 7. The molecule has 0 bridgehead atoms. The standard InChI is InChI=1S/C27H18ClN7O4/c28-15-5-7-16(8-6-15)35-22(13-23(36)34-35)32-27(38)31-19-9-10-20(18-4-2-1-3-17(18)19)39-21-11-12-29-26-25(21)30-14-24(37)33-26/h1-14H,(H,34,36)(H,29,33,37)(H2,31,32,38). The Morgan fingerprint density at radius 3 is 2.56 bits per heavy atom. The van der Waals surface area contributed by atoms with Crippen LogP contribution in [0.4, 0.5) is 16.3 Å². The summed E-state index contributed by atoms with van der Waals surface area (Å²) >= 11 is 5.97. The number of rotatable bonds is 5. The summed E-state index contributed by atoms with van der Waals surface area (Å²) in [5, 5.41) is 21.6. The van der Waals surface area contributed by atoms with Crippen LogP contribution in [-0.2, 0) is 0 Å². The Balaban J connectivity index is 1.28. The second-order valence-electron chi connectivity index (χ2n) is 8.37. The fraction of sp³-hybridized carbons (Fsp3) is 0. The highest BCUT2D eigenvalue weighted by atomic mass is 35.5. The first-order chi connectivity index (χ1) is 18.9. The Labute approximate surface area is 224 Å². The molecule has 0 saturated heterocycles. The van der Waals surface area contributed by atoms with E-state index in [9.17, 15) is 14.7 Å². The van der Waals surface area contributed by atoms with Gasteiger partial charge in [-0.3, -0.25) is 10.1 Å². The molecule has 6 rings (SSSR count). The van der Waals surface area contributed by atoms with Crippen molar-refractivity contribution in [2.24, 2.45) is 0 Å². The zero-order valence-electron chi connectivity index (χ0n) is 19.9. The predicted molar refractivity (Wildman–Crippen MR) is 147 cm³/mol. The third-order valence-electron chi connectivity index (χ3n) is 5.80. The molecule has 3 aromatic heterocycles. The Bertz CT molecular complexity index is 1920. The number of H-pyrrole nitrogens is 1. The molecule has 0 atom stereocenters. The highest BCUT2D eigenvalue weighted by Crippen LogP contribution is 2.36. The number of nitrogens with zero attached hydrogens (tertiary/aromatic N) is 4. The van der Waals surface area contributed by atoms with E-state index in [1.165, 1.54) is 23.1 Å². The van der Waals surface area contributed by atoms with E-state index in [1.807, 2.05) is 24.3 Å². The molecule has 0 fully saturated rings. The van der Waals surface area contributed by atoms with Crippen LogP contribution in [0.5, 0.6) is 17.4 Å². The number of urea groups is 1. The van der Waals surface area contributed by atoms with Gasteiger partial charge >= 0.3 is 6.03 Å². The first-order valence-electron chi connectivity index (χ1n) is 11.6. The minimum Gasteiger partial charge on any atom is -0.492 e. The van der Waals surface area contributed by atoms with Gasteiger partial charge in [0.25, 0.3) is 5.56 Å². The van der Waals surface area contributed by atoms with E-state index in [0.717, 1.165) is 10.8 Å². The molecular formula is C27H18ClN7O4. The Kier molecular flexibility index (Phi) is 6.02. The molecule has 39 heavy (non-hydrogen) atoms. The molecule has 0 unspecified atom stereocenters. The van der Waals surface area contributed by atoms with E-state index in [0.29, 0.717) is 39.1 Å². The molecule has 0 saturated carbocycles. The molecule has 0 radical (unpaired) electrons. The second-order valence-corrected chi connectivity index (χ2v) is 8.80. The van der Waals surface area contributed by atoms with Crippen LogP contribution < -0.4 is 20.9 Å². The van der Waals surface area contributed by atoms with Crippen LogP contribution in [-0.4, -0.2) is 35.9 Å². The van der Waals surface area contributed by atoms with E-state index in [4.69, 9.17) is 16.3 Å². The number of amides is 2. The third kappa shape index (κ3) is 4.81. The number of carbonyl (C=O) groups is 1. The van der Waals surface area contributed by atoms with Crippen LogP contribution in [0.2, 0.25) is 5.02 Å². The van der Waals surface area contributed by atoms with Gasteiger partial charge in [0.1, 0.15) is 17.1 Å². The number of nitrogens with one attached hydrogen (secondary N) is 3. The summed E-state index contributed by atoms with van der Waals surface area (Å²) < 4.78 is 7.56. The fourth-order valence-electron chi connectivity index (χ4n) is 4.10. The van der Waals surface area contributed by atoms with Crippen molar-refractivity contribution in [3.63, 3.8) is 0 Å². The molecule has 3 aromatic carbocycles. The van der Waals surface area contributed by atoms with Crippen LogP contribution >= 0.6 is 11.6 Å². The fourth-order valence-corrected chi connectivity index (χ4v) is 4.23. The summed E-state index contributed by atoms with van der Waals surface area (Å²) in [7, 11) is 0. The van der Waals surface area contributed by atoms with Crippen molar-refractivity contribution in [2.45, 2.75) is 0 Å². The molecule has 12 heteroatoms. The summed E-state index contributed by atoms with van der Waals surface area (Å²) in [6, 6.07) is 20.1. The average Bonchev–Trinajstić information content (AvgIpc) is 3.29. The Morgan fingerprint density at radius 1 is 0.949 bits per heavy atom. The number of hydrogen-bond donors (Lipinski definition) is 4. The zero-order chi connectivity index (χ0) is 26.9. The number of aromatic nitrogens is 5. The summed E-state index contributed by atoms with van der Waals surface area (Å²) in [4.78, 5) is 35.5. The number of anilines is 2. The number of aromatic amines is 1. The number of halogens is 1. The van der Waals surface area contributed by atoms with Crippen LogP contribution in [0, 0.1) is 0 Å². The molecule has 4 N–H and O–H groups in total. The van der Waals surface area contributed by atoms with Gasteiger partial charge in [0.15, 0.2) is 11.4 Å². The number of aromatic hydroxyl groups is 1. The SMILES string of the molecule is O=C(Nc1ccc(Oc2ccnc3[nH]c(=O)cnc23)c2ccccc12)Nc1cc(O)nn1-c1ccc(Cl)cc1. The molecule has 0 aliphatic carbocycles. The largest absolute Gasteiger partial charge is 0.492 e. The molecule has 2 amide bonds. The monoisotopic (exact) mass is 539 g/mol. The first kappa shape index (κ1) is 23.9. The van der Waals surface area contributed by atoms with Gasteiger partial charge in [-0.25, -0.2) is 19.4 Å². The molecule has 192 valence electrons. The number of ether oxygens (including phenoxy) is 1. The van der Waals surface area contributed by atoms with Gasteiger partial charge in [-0.05, 0) is 36.4 Å². The van der Waals surface area contributed by atoms with E-state index in [2.05, 4.69) is 30.7 Å². The molecular weight excluding hydrogens is 522 g/mol. The molecule has 0 aliphatic rings. The van der Waals surface area contributed by atoms with Crippen molar-refractivity contribution in [3.05, 3.63) is 101 Å². The summed E-state index contributed by atoms with van der Waals surface area (Å²) in [6.45, 7) is 0. The molecule has 3 heterocycles. The molecule has 6 aromatic rings. The maximum Gasteiger partial charge on any atom is 0.324 e. The van der Waals surface area contributed by atoms with Crippen molar-refractivity contribution < 1.29 is 14.6 Å². The number of pyridine rings is 1. The number of benzene rings is 3. The van der Waals surface area contributed by atoms with Gasteiger partial charge in [0.2, 0.25) is 5.88 Å². The van der Waals surface area contributed by atoms with Gasteiger partial charge in [-0.15, -0.1) is 5.10 Å². The van der Waals surface area contributed by atoms with Crippen LogP contribution in [0.25, 0.3) is 27.6 Å². The van der Waals surface area contributed by atoms with Crippen LogP contribution in [0.15, 0.2) is 90.0 Å². The average molecular weight is 540 g/mol. The van der Waals surface area contributed by atoms with Crippen molar-refractivity contribution in [3.8, 4) is 23.1 Å². The van der Waals surface area contributed by atoms with Crippen molar-refractivity contribution >= 4 is 51.1 Å². The van der Waals surface area contributed by atoms with Gasteiger partial charge in [0.05, 0.1) is 17.6 Å². The lowest BCUT2D eigenvalue weighted by Crippen LogP contribution is -2.21. The van der Waals surface area contributed by atoms with E-state index in [-0.39, 0.29) is 17.3 Å². The first-order valence-corrected chi connectivity index (χ1v) is 12.0. The lowest BCUT2D eigenvalue weighted by atomic mass is 10.1. The minimum atomic E-state index is -0.544. The number of carbonyl (C=O) groups excluding carboxylic acids is 1. The minimum absolute atomic E-state index is 0.255. The lowest BCUT2D eigenvalue weighted by Gasteiger charge is -2.14. The summed E-state index contributed by atoms with van der Waals surface area (Å²) in [5.41, 5.74) is 1.48. The van der Waals surface area contributed by atoms with Crippen molar-refractivity contribution in [2.75, 3.05) is 10.6 Å². The van der Waals surface area contributed by atoms with Crippen LogP contribution in [0.1, 0.15) is 0 Å². The molecule has 0 aliphatic heterocycles. The maximum absolute atomic E-state index is 13.0. The van der Waals surface area contributed by atoms with Gasteiger partial charge in [-0.1, -0.05) is 35.9 Å². The maximum atomic E-state index is 13.0. The summed E-state index contributed by atoms with van der Waals surface area (Å²) in [5.74, 6) is 0.930. The second kappa shape index (κ2) is 9.80. The van der Waals surface area contributed by atoms with E-state index in [1.54, 1.807) is 42.5 Å². The van der Waals surface area contributed by atoms with Gasteiger partial charge < -0.3 is 20.1 Å². The normalized spacial score (nSPS) is 11.0. The van der Waals surface area contributed by atoms with Crippen LogP contribution in [0.3, 0.4) is 0 Å². The third-order valence-corrected chi connectivity index (χ3v) is 6.05. The quantitative estimate of drug-likeness (QED) is 0.227.